The number of rotatable bonds is 10. The normalized spacial score (nSPS) is 14.5. The number of Topliss-reactive ketones (excluding diaryl/α,β-unsaturated/α-hetero) is 1. The zero-order valence-corrected chi connectivity index (χ0v) is 16.3. The summed E-state index contributed by atoms with van der Waals surface area (Å²) in [7, 11) is 0. The molecule has 0 aromatic rings. The van der Waals surface area contributed by atoms with Crippen molar-refractivity contribution in [2.45, 2.75) is 84.6 Å². The quantitative estimate of drug-likeness (QED) is 0.589. The van der Waals surface area contributed by atoms with Crippen LogP contribution in [0.15, 0.2) is 0 Å². The molecule has 0 atom stereocenters. The van der Waals surface area contributed by atoms with Gasteiger partial charge < -0.3 is 16.0 Å². The lowest BCUT2D eigenvalue weighted by Crippen LogP contribution is -2.47. The first-order valence-electron chi connectivity index (χ1n) is 9.85. The standard InChI is InChI=1S/C17H31N3O3.C2H6/c1-2-15(21)7-5-3-4-6-8-17(23)20-11-9-14(10-12-20)19-16(22)13-18;1-2/h14H,2-13,18H2,1H3,(H,19,22);1-2H3. The summed E-state index contributed by atoms with van der Waals surface area (Å²) in [5, 5.41) is 2.88. The summed E-state index contributed by atoms with van der Waals surface area (Å²) in [5.74, 6) is 0.403. The minimum Gasteiger partial charge on any atom is -0.352 e. The highest BCUT2D eigenvalue weighted by Crippen LogP contribution is 2.13. The Kier molecular flexibility index (Phi) is 14.0. The van der Waals surface area contributed by atoms with E-state index < -0.39 is 0 Å². The predicted octanol–water partition coefficient (Wildman–Crippen LogP) is 2.40. The van der Waals surface area contributed by atoms with Gasteiger partial charge >= 0.3 is 0 Å². The van der Waals surface area contributed by atoms with Gasteiger partial charge in [0.1, 0.15) is 5.78 Å². The largest absolute Gasteiger partial charge is 0.352 e. The molecule has 0 radical (unpaired) electrons. The summed E-state index contributed by atoms with van der Waals surface area (Å²) in [6.45, 7) is 7.33. The van der Waals surface area contributed by atoms with Gasteiger partial charge in [-0.25, -0.2) is 0 Å². The zero-order valence-electron chi connectivity index (χ0n) is 16.3. The summed E-state index contributed by atoms with van der Waals surface area (Å²) >= 11 is 0. The second kappa shape index (κ2) is 14.9. The van der Waals surface area contributed by atoms with Gasteiger partial charge in [-0.1, -0.05) is 33.6 Å². The van der Waals surface area contributed by atoms with Gasteiger partial charge in [-0.2, -0.15) is 0 Å². The topological polar surface area (TPSA) is 92.5 Å². The smallest absolute Gasteiger partial charge is 0.233 e. The number of likely N-dealkylation sites (tertiary alicyclic amines) is 1. The van der Waals surface area contributed by atoms with E-state index >= 15 is 0 Å². The number of hydrogen-bond acceptors (Lipinski definition) is 4. The first kappa shape index (κ1) is 23.6. The predicted molar refractivity (Wildman–Crippen MR) is 101 cm³/mol. The molecule has 0 unspecified atom stereocenters. The van der Waals surface area contributed by atoms with E-state index in [1.165, 1.54) is 0 Å². The van der Waals surface area contributed by atoms with Crippen molar-refractivity contribution in [2.24, 2.45) is 5.73 Å². The minimum atomic E-state index is -0.128. The van der Waals surface area contributed by atoms with Gasteiger partial charge in [-0.05, 0) is 25.7 Å². The van der Waals surface area contributed by atoms with Crippen molar-refractivity contribution in [1.82, 2.24) is 10.2 Å². The molecule has 0 aliphatic carbocycles. The van der Waals surface area contributed by atoms with E-state index in [1.807, 2.05) is 25.7 Å². The summed E-state index contributed by atoms with van der Waals surface area (Å²) in [6.07, 6.45) is 7.34. The molecule has 0 spiro atoms. The zero-order chi connectivity index (χ0) is 19.1. The Balaban J connectivity index is 0.00000277. The lowest BCUT2D eigenvalue weighted by molar-refractivity contribution is -0.132. The van der Waals surface area contributed by atoms with Crippen LogP contribution in [-0.2, 0) is 14.4 Å². The third-order valence-electron chi connectivity index (χ3n) is 4.39. The highest BCUT2D eigenvalue weighted by molar-refractivity contribution is 5.78. The first-order chi connectivity index (χ1) is 12.1. The molecule has 0 aromatic heterocycles. The monoisotopic (exact) mass is 355 g/mol. The van der Waals surface area contributed by atoms with Crippen molar-refractivity contribution in [3.63, 3.8) is 0 Å². The molecule has 1 rings (SSSR count). The molecule has 1 aliphatic rings. The van der Waals surface area contributed by atoms with Gasteiger partial charge in [0.05, 0.1) is 6.54 Å². The lowest BCUT2D eigenvalue weighted by atomic mass is 10.0. The second-order valence-corrected chi connectivity index (χ2v) is 6.23. The van der Waals surface area contributed by atoms with Crippen molar-refractivity contribution >= 4 is 17.6 Å². The average Bonchev–Trinajstić information content (AvgIpc) is 2.66. The highest BCUT2D eigenvalue weighted by Gasteiger charge is 2.23. The van der Waals surface area contributed by atoms with Crippen LogP contribution in [-0.4, -0.2) is 48.2 Å². The Labute approximate surface area is 152 Å². The van der Waals surface area contributed by atoms with Crippen LogP contribution in [0.25, 0.3) is 0 Å². The van der Waals surface area contributed by atoms with Crippen molar-refractivity contribution in [2.75, 3.05) is 19.6 Å². The maximum Gasteiger partial charge on any atom is 0.233 e. The average molecular weight is 356 g/mol. The Morgan fingerprint density at radius 2 is 1.56 bits per heavy atom. The molecule has 0 saturated carbocycles. The van der Waals surface area contributed by atoms with Crippen LogP contribution in [0.3, 0.4) is 0 Å². The van der Waals surface area contributed by atoms with Gasteiger partial charge in [-0.3, -0.25) is 14.4 Å². The number of nitrogens with two attached hydrogens (primary N) is 1. The molecule has 1 aliphatic heterocycles. The Morgan fingerprint density at radius 1 is 1.00 bits per heavy atom. The number of hydrogen-bond donors (Lipinski definition) is 2. The molecule has 6 nitrogen and oxygen atoms in total. The molecule has 1 saturated heterocycles. The summed E-state index contributed by atoms with van der Waals surface area (Å²) in [4.78, 5) is 36.5. The lowest BCUT2D eigenvalue weighted by Gasteiger charge is -2.32. The van der Waals surface area contributed by atoms with Gasteiger partial charge in [0.2, 0.25) is 11.8 Å². The second-order valence-electron chi connectivity index (χ2n) is 6.23. The Morgan fingerprint density at radius 3 is 2.08 bits per heavy atom. The number of carbonyl (C=O) groups is 3. The van der Waals surface area contributed by atoms with Crippen molar-refractivity contribution in [3.05, 3.63) is 0 Å². The number of unbranched alkanes of at least 4 members (excludes halogenated alkanes) is 3. The molecule has 0 bridgehead atoms. The summed E-state index contributed by atoms with van der Waals surface area (Å²) in [5.41, 5.74) is 5.28. The van der Waals surface area contributed by atoms with Gasteiger partial charge in [0, 0.05) is 38.4 Å². The Hall–Kier alpha value is -1.43. The molecule has 6 heteroatoms. The maximum absolute atomic E-state index is 12.1. The third-order valence-corrected chi connectivity index (χ3v) is 4.39. The number of nitrogens with zero attached hydrogens (tertiary/aromatic N) is 1. The number of carbonyl (C=O) groups excluding carboxylic acids is 3. The van der Waals surface area contributed by atoms with E-state index in [0.29, 0.717) is 38.1 Å². The number of ketones is 1. The van der Waals surface area contributed by atoms with Crippen LogP contribution in [0.1, 0.15) is 78.6 Å². The number of piperidine rings is 1. The fourth-order valence-corrected chi connectivity index (χ4v) is 2.85. The maximum atomic E-state index is 12.1. The van der Waals surface area contributed by atoms with Crippen molar-refractivity contribution in [3.8, 4) is 0 Å². The fraction of sp³-hybridized carbons (Fsp3) is 0.842. The van der Waals surface area contributed by atoms with Crippen LogP contribution in [0.4, 0.5) is 0 Å². The van der Waals surface area contributed by atoms with E-state index in [-0.39, 0.29) is 24.4 Å². The molecule has 2 amide bonds. The Bertz CT molecular complexity index is 391. The molecule has 0 aromatic carbocycles. The molecule has 1 fully saturated rings. The van der Waals surface area contributed by atoms with Gasteiger partial charge in [-0.15, -0.1) is 0 Å². The molecular formula is C19H37N3O3. The summed E-state index contributed by atoms with van der Waals surface area (Å²) in [6, 6.07) is 0.145. The van der Waals surface area contributed by atoms with Crippen molar-refractivity contribution < 1.29 is 14.4 Å². The van der Waals surface area contributed by atoms with Crippen LogP contribution >= 0.6 is 0 Å². The summed E-state index contributed by atoms with van der Waals surface area (Å²) < 4.78 is 0. The van der Waals surface area contributed by atoms with Gasteiger partial charge in [0.25, 0.3) is 0 Å². The third kappa shape index (κ3) is 10.9. The first-order valence-corrected chi connectivity index (χ1v) is 9.85. The van der Waals surface area contributed by atoms with Crippen LogP contribution in [0.2, 0.25) is 0 Å². The molecule has 1 heterocycles. The molecule has 146 valence electrons. The molecule has 25 heavy (non-hydrogen) atoms. The minimum absolute atomic E-state index is 0.0169. The van der Waals surface area contributed by atoms with E-state index in [2.05, 4.69) is 5.32 Å². The number of nitrogens with one attached hydrogen (secondary N) is 1. The SMILES string of the molecule is CC.CCC(=O)CCCCCCC(=O)N1CCC(NC(=O)CN)CC1. The van der Waals surface area contributed by atoms with Crippen LogP contribution in [0.5, 0.6) is 0 Å². The fourth-order valence-electron chi connectivity index (χ4n) is 2.85. The molecule has 3 N–H and O–H groups in total. The highest BCUT2D eigenvalue weighted by atomic mass is 16.2. The molecular weight excluding hydrogens is 318 g/mol. The van der Waals surface area contributed by atoms with E-state index in [1.54, 1.807) is 0 Å². The van der Waals surface area contributed by atoms with E-state index in [0.717, 1.165) is 38.5 Å². The van der Waals surface area contributed by atoms with Crippen LogP contribution < -0.4 is 11.1 Å². The van der Waals surface area contributed by atoms with Gasteiger partial charge in [0.15, 0.2) is 0 Å². The van der Waals surface area contributed by atoms with E-state index in [4.69, 9.17) is 5.73 Å². The van der Waals surface area contributed by atoms with E-state index in [9.17, 15) is 14.4 Å². The number of amides is 2. The van der Waals surface area contributed by atoms with Crippen molar-refractivity contribution in [1.29, 1.82) is 0 Å². The van der Waals surface area contributed by atoms with Crippen LogP contribution in [0, 0.1) is 0 Å².